The highest BCUT2D eigenvalue weighted by molar-refractivity contribution is 6.62. The SMILES string of the molecule is C=C(/C=C\C(=C(C)C)/C(NC(=O)c1cc(B2OC(C)(C)C(C)(C)O2)ccc1OC)=C(\C)C=O)C(F)(F)F.CC. The smallest absolute Gasteiger partial charge is 0.494 e. The Morgan fingerprint density at radius 3 is 2.03 bits per heavy atom. The molecule has 1 saturated heterocycles. The van der Waals surface area contributed by atoms with Gasteiger partial charge in [0.2, 0.25) is 0 Å². The normalized spacial score (nSPS) is 16.6. The van der Waals surface area contributed by atoms with Gasteiger partial charge in [-0.05, 0) is 77.7 Å². The quantitative estimate of drug-likeness (QED) is 0.180. The number of methoxy groups -OCH3 is 1. The molecule has 1 aromatic rings. The Balaban J connectivity index is 0.00000371. The number of allylic oxidation sites excluding steroid dienone is 5. The summed E-state index contributed by atoms with van der Waals surface area (Å²) in [7, 11) is 0.667. The third kappa shape index (κ3) is 8.19. The van der Waals surface area contributed by atoms with Gasteiger partial charge in [0, 0.05) is 11.1 Å². The van der Waals surface area contributed by atoms with E-state index in [1.54, 1.807) is 32.0 Å². The number of amides is 1. The van der Waals surface area contributed by atoms with Gasteiger partial charge in [0.1, 0.15) is 12.0 Å². The summed E-state index contributed by atoms with van der Waals surface area (Å²) < 4.78 is 56.4. The molecule has 1 heterocycles. The molecule has 1 aromatic carbocycles. The highest BCUT2D eigenvalue weighted by Gasteiger charge is 2.51. The molecule has 0 atom stereocenters. The van der Waals surface area contributed by atoms with E-state index in [0.29, 0.717) is 17.3 Å². The average Bonchev–Trinajstić information content (AvgIpc) is 3.09. The van der Waals surface area contributed by atoms with Gasteiger partial charge >= 0.3 is 13.3 Å². The van der Waals surface area contributed by atoms with Gasteiger partial charge in [0.15, 0.2) is 0 Å². The van der Waals surface area contributed by atoms with Crippen LogP contribution in [0.3, 0.4) is 0 Å². The molecule has 0 spiro atoms. The van der Waals surface area contributed by atoms with Crippen LogP contribution >= 0.6 is 0 Å². The van der Waals surface area contributed by atoms with Gasteiger partial charge in [-0.15, -0.1) is 0 Å². The van der Waals surface area contributed by atoms with Crippen LogP contribution in [-0.4, -0.2) is 43.8 Å². The lowest BCUT2D eigenvalue weighted by Crippen LogP contribution is -2.41. The fraction of sp³-hybridized carbons (Fsp3) is 0.448. The summed E-state index contributed by atoms with van der Waals surface area (Å²) in [5, 5.41) is 2.68. The van der Waals surface area contributed by atoms with Crippen molar-refractivity contribution in [3.05, 3.63) is 70.5 Å². The van der Waals surface area contributed by atoms with E-state index in [1.165, 1.54) is 20.1 Å². The van der Waals surface area contributed by atoms with Gasteiger partial charge in [-0.3, -0.25) is 9.59 Å². The number of carbonyl (C=O) groups excluding carboxylic acids is 2. The molecule has 0 radical (unpaired) electrons. The minimum Gasteiger partial charge on any atom is -0.496 e. The zero-order valence-electron chi connectivity index (χ0n) is 24.4. The maximum atomic E-state index is 13.4. The molecule has 1 amide bonds. The van der Waals surface area contributed by atoms with Crippen LogP contribution in [0.4, 0.5) is 13.2 Å². The minimum absolute atomic E-state index is 0.0642. The molecule has 1 fully saturated rings. The van der Waals surface area contributed by atoms with Crippen molar-refractivity contribution in [1.29, 1.82) is 0 Å². The van der Waals surface area contributed by atoms with Crippen molar-refractivity contribution in [1.82, 2.24) is 5.32 Å². The molecule has 2 rings (SSSR count). The van der Waals surface area contributed by atoms with E-state index in [9.17, 15) is 22.8 Å². The molecule has 214 valence electrons. The highest BCUT2D eigenvalue weighted by Crippen LogP contribution is 2.37. The number of alkyl halides is 3. The van der Waals surface area contributed by atoms with E-state index in [-0.39, 0.29) is 28.2 Å². The first kappa shape index (κ1) is 33.9. The maximum absolute atomic E-state index is 13.4. The van der Waals surface area contributed by atoms with Gasteiger partial charge in [0.05, 0.1) is 29.6 Å². The molecular weight excluding hydrogens is 510 g/mol. The molecule has 0 aliphatic carbocycles. The fourth-order valence-corrected chi connectivity index (χ4v) is 3.43. The zero-order valence-corrected chi connectivity index (χ0v) is 24.4. The molecule has 39 heavy (non-hydrogen) atoms. The fourth-order valence-electron chi connectivity index (χ4n) is 3.43. The zero-order chi connectivity index (χ0) is 30.3. The summed E-state index contributed by atoms with van der Waals surface area (Å²) in [6.45, 7) is 19.4. The van der Waals surface area contributed by atoms with Crippen molar-refractivity contribution < 1.29 is 36.8 Å². The molecule has 1 N–H and O–H groups in total. The Kier molecular flexibility index (Phi) is 11.6. The van der Waals surface area contributed by atoms with Crippen LogP contribution < -0.4 is 15.5 Å². The molecule has 0 bridgehead atoms. The van der Waals surface area contributed by atoms with Crippen LogP contribution in [0.2, 0.25) is 0 Å². The van der Waals surface area contributed by atoms with Crippen molar-refractivity contribution in [3.63, 3.8) is 0 Å². The molecule has 0 aromatic heterocycles. The van der Waals surface area contributed by atoms with Gasteiger partial charge < -0.3 is 19.4 Å². The Hall–Kier alpha value is -3.11. The second kappa shape index (κ2) is 13.3. The third-order valence-electron chi connectivity index (χ3n) is 6.43. The number of hydrogen-bond acceptors (Lipinski definition) is 5. The standard InChI is InChI=1S/C27H33BF3NO5.C2H6/c1-16(2)20(12-10-18(4)27(29,30)31)23(17(3)15-33)32-24(34)21-14-19(11-13-22(21)35-9)28-36-25(5,6)26(7,8)37-28;1-2/h10-15H,4H2,1-3,5-9H3,(H,32,34);1-2H3/b12-10-,23-17-;. The van der Waals surface area contributed by atoms with Gasteiger partial charge in [-0.2, -0.15) is 13.2 Å². The Morgan fingerprint density at radius 1 is 1.05 bits per heavy atom. The van der Waals surface area contributed by atoms with Crippen LogP contribution in [0, 0.1) is 0 Å². The lowest BCUT2D eigenvalue weighted by atomic mass is 9.78. The predicted molar refractivity (Wildman–Crippen MR) is 149 cm³/mol. The summed E-state index contributed by atoms with van der Waals surface area (Å²) in [5.74, 6) is -0.381. The highest BCUT2D eigenvalue weighted by atomic mass is 19.4. The Bertz CT molecular complexity index is 1160. The topological polar surface area (TPSA) is 73.9 Å². The second-order valence-corrected chi connectivity index (χ2v) is 9.95. The first-order valence-corrected chi connectivity index (χ1v) is 12.6. The van der Waals surface area contributed by atoms with Crippen molar-refractivity contribution in [2.24, 2.45) is 0 Å². The monoisotopic (exact) mass is 549 g/mol. The number of nitrogens with one attached hydrogen (secondary N) is 1. The minimum atomic E-state index is -4.61. The summed E-state index contributed by atoms with van der Waals surface area (Å²) in [5.41, 5.74) is -0.567. The van der Waals surface area contributed by atoms with E-state index in [2.05, 4.69) is 11.9 Å². The maximum Gasteiger partial charge on any atom is 0.494 e. The summed E-state index contributed by atoms with van der Waals surface area (Å²) in [6.07, 6.45) is -2.13. The Labute approximate surface area is 230 Å². The van der Waals surface area contributed by atoms with E-state index in [0.717, 1.165) is 6.08 Å². The molecular formula is C29H39BF3NO5. The second-order valence-electron chi connectivity index (χ2n) is 9.95. The number of carbonyl (C=O) groups is 2. The number of hydrogen-bond donors (Lipinski definition) is 1. The summed E-state index contributed by atoms with van der Waals surface area (Å²) in [4.78, 5) is 25.1. The van der Waals surface area contributed by atoms with Crippen molar-refractivity contribution in [2.75, 3.05) is 7.11 Å². The summed E-state index contributed by atoms with van der Waals surface area (Å²) >= 11 is 0. The molecule has 0 saturated carbocycles. The van der Waals surface area contributed by atoms with Gasteiger partial charge in [-0.1, -0.05) is 38.1 Å². The number of benzene rings is 1. The van der Waals surface area contributed by atoms with Crippen LogP contribution in [0.15, 0.2) is 64.9 Å². The lowest BCUT2D eigenvalue weighted by Gasteiger charge is -2.32. The third-order valence-corrected chi connectivity index (χ3v) is 6.43. The molecule has 0 unspecified atom stereocenters. The first-order valence-electron chi connectivity index (χ1n) is 12.6. The number of halogens is 3. The average molecular weight is 549 g/mol. The largest absolute Gasteiger partial charge is 0.496 e. The molecule has 1 aliphatic rings. The molecule has 6 nitrogen and oxygen atoms in total. The van der Waals surface area contributed by atoms with Gasteiger partial charge in [0.25, 0.3) is 5.91 Å². The Morgan fingerprint density at radius 2 is 1.59 bits per heavy atom. The van der Waals surface area contributed by atoms with Gasteiger partial charge in [-0.25, -0.2) is 0 Å². The number of ether oxygens (including phenoxy) is 1. The predicted octanol–water partition coefficient (Wildman–Crippen LogP) is 6.23. The number of aldehydes is 1. The lowest BCUT2D eigenvalue weighted by molar-refractivity contribution is -0.105. The first-order chi connectivity index (χ1) is 17.9. The van der Waals surface area contributed by atoms with Crippen LogP contribution in [-0.2, 0) is 14.1 Å². The van der Waals surface area contributed by atoms with Crippen molar-refractivity contribution in [3.8, 4) is 5.75 Å². The van der Waals surface area contributed by atoms with Crippen molar-refractivity contribution >= 4 is 24.8 Å². The van der Waals surface area contributed by atoms with E-state index in [1.807, 2.05) is 41.5 Å². The van der Waals surface area contributed by atoms with Crippen LogP contribution in [0.5, 0.6) is 5.75 Å². The summed E-state index contributed by atoms with van der Waals surface area (Å²) in [6, 6.07) is 4.88. The van der Waals surface area contributed by atoms with E-state index < -0.39 is 36.0 Å². The van der Waals surface area contributed by atoms with E-state index in [4.69, 9.17) is 14.0 Å². The molecule has 10 heteroatoms. The van der Waals surface area contributed by atoms with Crippen molar-refractivity contribution in [2.45, 2.75) is 79.7 Å². The number of rotatable bonds is 8. The molecule has 1 aliphatic heterocycles. The van der Waals surface area contributed by atoms with E-state index >= 15 is 0 Å². The van der Waals surface area contributed by atoms with Crippen LogP contribution in [0.25, 0.3) is 0 Å². The van der Waals surface area contributed by atoms with Crippen LogP contribution in [0.1, 0.15) is 72.7 Å².